The van der Waals surface area contributed by atoms with Gasteiger partial charge in [0.05, 0.1) is 5.69 Å². The Morgan fingerprint density at radius 1 is 1.06 bits per heavy atom. The lowest BCUT2D eigenvalue weighted by atomic mass is 10.1. The molecule has 0 aliphatic rings. The molecule has 0 bridgehead atoms. The van der Waals surface area contributed by atoms with Gasteiger partial charge in [-0.2, -0.15) is 11.3 Å². The van der Waals surface area contributed by atoms with E-state index in [1.165, 1.54) is 0 Å². The van der Waals surface area contributed by atoms with E-state index >= 15 is 0 Å². The summed E-state index contributed by atoms with van der Waals surface area (Å²) in [5.74, 6) is 0.231. The smallest absolute Gasteiger partial charge is 0.141 e. The third-order valence-electron chi connectivity index (χ3n) is 2.52. The first-order valence-corrected chi connectivity index (χ1v) is 5.90. The van der Waals surface area contributed by atoms with Crippen LogP contribution in [0.1, 0.15) is 0 Å². The number of pyridine rings is 1. The molecule has 1 aromatic carbocycles. The number of benzene rings is 1. The lowest BCUT2D eigenvalue weighted by molar-refractivity contribution is 0.480. The maximum absolute atomic E-state index is 9.73. The molecular formula is C13H9NOS. The average molecular weight is 227 g/mol. The van der Waals surface area contributed by atoms with Gasteiger partial charge in [0.2, 0.25) is 0 Å². The van der Waals surface area contributed by atoms with E-state index in [4.69, 9.17) is 0 Å². The van der Waals surface area contributed by atoms with Crippen LogP contribution in [0.5, 0.6) is 5.75 Å². The van der Waals surface area contributed by atoms with Gasteiger partial charge < -0.3 is 5.11 Å². The summed E-state index contributed by atoms with van der Waals surface area (Å²) in [6.07, 6.45) is 0. The SMILES string of the molecule is Oc1cccc2ccc(-c3ccsc3)nc12. The van der Waals surface area contributed by atoms with E-state index in [0.717, 1.165) is 16.6 Å². The van der Waals surface area contributed by atoms with Gasteiger partial charge in [-0.05, 0) is 23.6 Å². The standard InChI is InChI=1S/C13H9NOS/c15-12-3-1-2-9-4-5-11(14-13(9)12)10-6-7-16-8-10/h1-8,15H. The summed E-state index contributed by atoms with van der Waals surface area (Å²) in [5, 5.41) is 14.8. The van der Waals surface area contributed by atoms with E-state index in [-0.39, 0.29) is 5.75 Å². The average Bonchev–Trinajstić information content (AvgIpc) is 2.83. The van der Waals surface area contributed by atoms with Crippen molar-refractivity contribution in [2.24, 2.45) is 0 Å². The van der Waals surface area contributed by atoms with Gasteiger partial charge in [0, 0.05) is 16.3 Å². The molecule has 0 fully saturated rings. The zero-order chi connectivity index (χ0) is 11.0. The van der Waals surface area contributed by atoms with Crippen LogP contribution in [0.4, 0.5) is 0 Å². The van der Waals surface area contributed by atoms with Gasteiger partial charge >= 0.3 is 0 Å². The normalized spacial score (nSPS) is 10.8. The number of fused-ring (bicyclic) bond motifs is 1. The Kier molecular flexibility index (Phi) is 2.11. The van der Waals surface area contributed by atoms with Crippen LogP contribution in [0.3, 0.4) is 0 Å². The molecule has 1 N–H and O–H groups in total. The van der Waals surface area contributed by atoms with Crippen LogP contribution in [0.2, 0.25) is 0 Å². The predicted octanol–water partition coefficient (Wildman–Crippen LogP) is 3.67. The van der Waals surface area contributed by atoms with Gasteiger partial charge in [0.15, 0.2) is 0 Å². The largest absolute Gasteiger partial charge is 0.506 e. The van der Waals surface area contributed by atoms with Gasteiger partial charge in [-0.25, -0.2) is 4.98 Å². The van der Waals surface area contributed by atoms with Crippen molar-refractivity contribution in [3.8, 4) is 17.0 Å². The van der Waals surface area contributed by atoms with Crippen LogP contribution in [-0.2, 0) is 0 Å². The molecule has 0 atom stereocenters. The first-order chi connectivity index (χ1) is 7.84. The number of phenolic OH excluding ortho intramolecular Hbond substituents is 1. The van der Waals surface area contributed by atoms with Crippen LogP contribution in [-0.4, -0.2) is 10.1 Å². The molecule has 3 rings (SSSR count). The van der Waals surface area contributed by atoms with Crippen LogP contribution in [0, 0.1) is 0 Å². The second-order valence-corrected chi connectivity index (χ2v) is 4.34. The molecular weight excluding hydrogens is 218 g/mol. The minimum atomic E-state index is 0.231. The molecule has 78 valence electrons. The molecule has 2 heterocycles. The summed E-state index contributed by atoms with van der Waals surface area (Å²) >= 11 is 1.64. The summed E-state index contributed by atoms with van der Waals surface area (Å²) < 4.78 is 0. The van der Waals surface area contributed by atoms with Gasteiger partial charge in [-0.3, -0.25) is 0 Å². The van der Waals surface area contributed by atoms with Crippen molar-refractivity contribution in [1.29, 1.82) is 0 Å². The highest BCUT2D eigenvalue weighted by Crippen LogP contribution is 2.27. The van der Waals surface area contributed by atoms with E-state index in [2.05, 4.69) is 4.98 Å². The third-order valence-corrected chi connectivity index (χ3v) is 3.20. The van der Waals surface area contributed by atoms with E-state index < -0.39 is 0 Å². The summed E-state index contributed by atoms with van der Waals surface area (Å²) in [5.41, 5.74) is 2.65. The topological polar surface area (TPSA) is 33.1 Å². The highest BCUT2D eigenvalue weighted by Gasteiger charge is 2.04. The van der Waals surface area contributed by atoms with Crippen molar-refractivity contribution >= 4 is 22.2 Å². The molecule has 0 aliphatic carbocycles. The van der Waals surface area contributed by atoms with Gasteiger partial charge in [-0.1, -0.05) is 18.2 Å². The predicted molar refractivity (Wildman–Crippen MR) is 66.7 cm³/mol. The minimum absolute atomic E-state index is 0.231. The van der Waals surface area contributed by atoms with E-state index in [9.17, 15) is 5.11 Å². The fourth-order valence-corrected chi connectivity index (χ4v) is 2.35. The molecule has 0 unspecified atom stereocenters. The number of para-hydroxylation sites is 1. The Bertz CT molecular complexity index is 631. The minimum Gasteiger partial charge on any atom is -0.506 e. The van der Waals surface area contributed by atoms with Crippen molar-refractivity contribution in [3.05, 3.63) is 47.2 Å². The van der Waals surface area contributed by atoms with Crippen LogP contribution >= 0.6 is 11.3 Å². The number of aromatic hydroxyl groups is 1. The van der Waals surface area contributed by atoms with Gasteiger partial charge in [0.1, 0.15) is 11.3 Å². The monoisotopic (exact) mass is 227 g/mol. The molecule has 16 heavy (non-hydrogen) atoms. The highest BCUT2D eigenvalue weighted by molar-refractivity contribution is 7.08. The molecule has 3 aromatic rings. The Hall–Kier alpha value is -1.87. The lowest BCUT2D eigenvalue weighted by Gasteiger charge is -2.02. The van der Waals surface area contributed by atoms with E-state index in [1.54, 1.807) is 17.4 Å². The molecule has 2 nitrogen and oxygen atoms in total. The molecule has 0 spiro atoms. The van der Waals surface area contributed by atoms with Gasteiger partial charge in [0.25, 0.3) is 0 Å². The second kappa shape index (κ2) is 3.61. The Labute approximate surface area is 96.8 Å². The number of thiophene rings is 1. The maximum Gasteiger partial charge on any atom is 0.141 e. The molecule has 0 aliphatic heterocycles. The number of hydrogen-bond acceptors (Lipinski definition) is 3. The Morgan fingerprint density at radius 2 is 2.00 bits per heavy atom. The number of nitrogens with zero attached hydrogens (tertiary/aromatic N) is 1. The third kappa shape index (κ3) is 1.46. The number of phenols is 1. The molecule has 2 aromatic heterocycles. The van der Waals surface area contributed by atoms with Crippen molar-refractivity contribution < 1.29 is 5.11 Å². The summed E-state index contributed by atoms with van der Waals surface area (Å²) in [6.45, 7) is 0. The molecule has 0 amide bonds. The Morgan fingerprint density at radius 3 is 2.81 bits per heavy atom. The van der Waals surface area contributed by atoms with Crippen LogP contribution in [0.15, 0.2) is 47.2 Å². The number of aromatic nitrogens is 1. The quantitative estimate of drug-likeness (QED) is 0.688. The maximum atomic E-state index is 9.73. The second-order valence-electron chi connectivity index (χ2n) is 3.56. The first-order valence-electron chi connectivity index (χ1n) is 4.96. The summed E-state index contributed by atoms with van der Waals surface area (Å²) in [7, 11) is 0. The highest BCUT2D eigenvalue weighted by atomic mass is 32.1. The van der Waals surface area contributed by atoms with E-state index in [1.807, 2.05) is 41.1 Å². The fraction of sp³-hybridized carbons (Fsp3) is 0. The molecule has 0 saturated carbocycles. The van der Waals surface area contributed by atoms with E-state index in [0.29, 0.717) is 5.52 Å². The van der Waals surface area contributed by atoms with Crippen molar-refractivity contribution in [3.63, 3.8) is 0 Å². The zero-order valence-electron chi connectivity index (χ0n) is 8.42. The Balaban J connectivity index is 2.27. The van der Waals surface area contributed by atoms with Crippen LogP contribution in [0.25, 0.3) is 22.2 Å². The lowest BCUT2D eigenvalue weighted by Crippen LogP contribution is -1.83. The fourth-order valence-electron chi connectivity index (χ4n) is 1.70. The zero-order valence-corrected chi connectivity index (χ0v) is 9.24. The van der Waals surface area contributed by atoms with Gasteiger partial charge in [-0.15, -0.1) is 0 Å². The number of rotatable bonds is 1. The molecule has 3 heteroatoms. The summed E-state index contributed by atoms with van der Waals surface area (Å²) in [4.78, 5) is 4.47. The molecule has 0 radical (unpaired) electrons. The van der Waals surface area contributed by atoms with Crippen molar-refractivity contribution in [1.82, 2.24) is 4.98 Å². The molecule has 0 saturated heterocycles. The number of hydrogen-bond donors (Lipinski definition) is 1. The van der Waals surface area contributed by atoms with Crippen LogP contribution < -0.4 is 0 Å². The van der Waals surface area contributed by atoms with Crippen molar-refractivity contribution in [2.45, 2.75) is 0 Å². The first kappa shape index (κ1) is 9.36. The summed E-state index contributed by atoms with van der Waals surface area (Å²) in [6, 6.07) is 11.4. The van der Waals surface area contributed by atoms with Crippen molar-refractivity contribution in [2.75, 3.05) is 0 Å².